The molecule has 3 atom stereocenters. The Kier molecular flexibility index (Phi) is 9.04. The van der Waals surface area contributed by atoms with E-state index in [1.54, 1.807) is 49.2 Å². The normalized spacial score (nSPS) is 17.8. The summed E-state index contributed by atoms with van der Waals surface area (Å²) in [4.78, 5) is 42.4. The molecule has 13 heteroatoms. The summed E-state index contributed by atoms with van der Waals surface area (Å²) in [5.74, 6) is 0.376. The van der Waals surface area contributed by atoms with E-state index in [2.05, 4.69) is 16.0 Å². The number of urea groups is 2. The highest BCUT2D eigenvalue weighted by Gasteiger charge is 2.34. The average molecular weight is 608 g/mol. The fraction of sp³-hybridized carbons (Fsp3) is 0.323. The largest absolute Gasteiger partial charge is 0.487 e. The molecular formula is C31H34FN5O7. The maximum Gasteiger partial charge on any atom is 0.323 e. The van der Waals surface area contributed by atoms with E-state index in [0.29, 0.717) is 28.6 Å². The smallest absolute Gasteiger partial charge is 0.323 e. The molecule has 0 spiro atoms. The van der Waals surface area contributed by atoms with Crippen molar-refractivity contribution in [2.24, 2.45) is 5.92 Å². The number of halogens is 1. The van der Waals surface area contributed by atoms with E-state index < -0.39 is 30.0 Å². The van der Waals surface area contributed by atoms with Crippen molar-refractivity contribution in [2.75, 3.05) is 49.5 Å². The summed E-state index contributed by atoms with van der Waals surface area (Å²) in [6.45, 7) is 3.92. The molecule has 2 aliphatic heterocycles. The number of anilines is 3. The van der Waals surface area contributed by atoms with Crippen molar-refractivity contribution in [1.82, 2.24) is 9.80 Å². The van der Waals surface area contributed by atoms with Gasteiger partial charge in [0, 0.05) is 42.6 Å². The molecule has 12 nitrogen and oxygen atoms in total. The number of benzene rings is 3. The van der Waals surface area contributed by atoms with Gasteiger partial charge in [0.1, 0.15) is 17.7 Å². The highest BCUT2D eigenvalue weighted by Crippen LogP contribution is 2.34. The van der Waals surface area contributed by atoms with Crippen molar-refractivity contribution in [1.29, 1.82) is 0 Å². The van der Waals surface area contributed by atoms with Crippen LogP contribution in [-0.2, 0) is 0 Å². The second-order valence-corrected chi connectivity index (χ2v) is 10.8. The lowest BCUT2D eigenvalue weighted by molar-refractivity contribution is 0.0371. The molecule has 0 saturated heterocycles. The Hall–Kier alpha value is -5.04. The molecule has 0 saturated carbocycles. The predicted octanol–water partition coefficient (Wildman–Crippen LogP) is 4.58. The molecule has 3 aromatic carbocycles. The van der Waals surface area contributed by atoms with Crippen LogP contribution in [0.25, 0.3) is 0 Å². The highest BCUT2D eigenvalue weighted by molar-refractivity contribution is 6.02. The first-order valence-corrected chi connectivity index (χ1v) is 14.1. The molecule has 3 aromatic rings. The summed E-state index contributed by atoms with van der Waals surface area (Å²) in [5.41, 5.74) is 1.47. The minimum Gasteiger partial charge on any atom is -0.487 e. The molecule has 232 valence electrons. The maximum absolute atomic E-state index is 13.7. The van der Waals surface area contributed by atoms with Crippen LogP contribution in [0.3, 0.4) is 0 Å². The van der Waals surface area contributed by atoms with Gasteiger partial charge in [0.05, 0.1) is 24.8 Å². The van der Waals surface area contributed by atoms with Crippen molar-refractivity contribution in [3.8, 4) is 17.2 Å². The van der Waals surface area contributed by atoms with Gasteiger partial charge in [0.15, 0.2) is 11.5 Å². The van der Waals surface area contributed by atoms with Crippen LogP contribution in [0, 0.1) is 11.7 Å². The van der Waals surface area contributed by atoms with Crippen LogP contribution >= 0.6 is 0 Å². The lowest BCUT2D eigenvalue weighted by Gasteiger charge is -2.38. The number of amides is 5. The minimum atomic E-state index is -0.538. The van der Waals surface area contributed by atoms with E-state index in [0.717, 1.165) is 0 Å². The number of nitrogens with zero attached hydrogens (tertiary/aromatic N) is 2. The molecule has 5 rings (SSSR count). The third-order valence-corrected chi connectivity index (χ3v) is 7.45. The molecule has 2 aliphatic rings. The van der Waals surface area contributed by atoms with Crippen LogP contribution in [0.4, 0.5) is 31.0 Å². The highest BCUT2D eigenvalue weighted by atomic mass is 19.1. The lowest BCUT2D eigenvalue weighted by Crippen LogP contribution is -2.50. The number of ether oxygens (including phenoxy) is 3. The fourth-order valence-electron chi connectivity index (χ4n) is 4.89. The summed E-state index contributed by atoms with van der Waals surface area (Å²) in [6, 6.07) is 13.7. The quantitative estimate of drug-likeness (QED) is 0.308. The van der Waals surface area contributed by atoms with Crippen LogP contribution in [0.2, 0.25) is 0 Å². The lowest BCUT2D eigenvalue weighted by atomic mass is 9.99. The fourth-order valence-corrected chi connectivity index (χ4v) is 4.89. The van der Waals surface area contributed by atoms with Gasteiger partial charge < -0.3 is 45.1 Å². The first-order valence-electron chi connectivity index (χ1n) is 14.1. The third-order valence-electron chi connectivity index (χ3n) is 7.45. The van der Waals surface area contributed by atoms with E-state index in [-0.39, 0.29) is 49.6 Å². The van der Waals surface area contributed by atoms with Crippen LogP contribution in [0.1, 0.15) is 24.2 Å². The van der Waals surface area contributed by atoms with Crippen molar-refractivity contribution < 1.29 is 38.1 Å². The number of aliphatic hydroxyl groups excluding tert-OH is 1. The topological polar surface area (TPSA) is 142 Å². The Morgan fingerprint density at radius 2 is 1.61 bits per heavy atom. The monoisotopic (exact) mass is 607 g/mol. The summed E-state index contributed by atoms with van der Waals surface area (Å²) in [6.07, 6.45) is -0.535. The summed E-state index contributed by atoms with van der Waals surface area (Å²) >= 11 is 0. The van der Waals surface area contributed by atoms with E-state index in [9.17, 15) is 23.9 Å². The Balaban J connectivity index is 1.33. The molecule has 2 heterocycles. The maximum atomic E-state index is 13.7. The Labute approximate surface area is 253 Å². The second-order valence-electron chi connectivity index (χ2n) is 10.8. The van der Waals surface area contributed by atoms with Crippen LogP contribution < -0.4 is 30.2 Å². The van der Waals surface area contributed by atoms with Gasteiger partial charge in [-0.15, -0.1) is 0 Å². The van der Waals surface area contributed by atoms with Gasteiger partial charge >= 0.3 is 12.1 Å². The number of carbonyl (C=O) groups is 3. The van der Waals surface area contributed by atoms with E-state index >= 15 is 0 Å². The molecule has 0 radical (unpaired) electrons. The van der Waals surface area contributed by atoms with Gasteiger partial charge in [0.25, 0.3) is 5.91 Å². The van der Waals surface area contributed by atoms with Gasteiger partial charge in [0.2, 0.25) is 6.79 Å². The predicted molar refractivity (Wildman–Crippen MR) is 161 cm³/mol. The number of nitrogens with one attached hydrogen (secondary N) is 3. The van der Waals surface area contributed by atoms with Crippen LogP contribution in [0.5, 0.6) is 17.2 Å². The molecule has 44 heavy (non-hydrogen) atoms. The van der Waals surface area contributed by atoms with Gasteiger partial charge in [-0.25, -0.2) is 14.0 Å². The molecule has 5 amide bonds. The van der Waals surface area contributed by atoms with E-state index in [1.807, 2.05) is 6.92 Å². The number of hydrogen-bond acceptors (Lipinski definition) is 7. The standard InChI is InChI=1S/C31H34FN5O7/c1-18-14-37(19(2)16-38)29(39)24-12-22(33-30(40)34-23-9-11-26-27(13-23)43-17-42-26)8-10-25(24)44-28(18)15-36(3)31(41)35-21-6-4-20(32)5-7-21/h4-13,18-19,28,38H,14-17H2,1-3H3,(H,35,41)(H2,33,34,40)/t18-,19+,28+/m1/s1. The van der Waals surface area contributed by atoms with Crippen LogP contribution in [0.15, 0.2) is 60.7 Å². The number of fused-ring (bicyclic) bond motifs is 2. The SMILES string of the molecule is C[C@@H]1CN([C@@H](C)CO)C(=O)c2cc(NC(=O)Nc3ccc4c(c3)OCO4)ccc2O[C@H]1CN(C)C(=O)Nc1ccc(F)cc1. The molecule has 0 unspecified atom stereocenters. The van der Waals surface area contributed by atoms with Crippen LogP contribution in [-0.4, -0.2) is 78.6 Å². The van der Waals surface area contributed by atoms with E-state index in [4.69, 9.17) is 14.2 Å². The third kappa shape index (κ3) is 6.94. The molecule has 0 bridgehead atoms. The minimum absolute atomic E-state index is 0.112. The first kappa shape index (κ1) is 30.4. The summed E-state index contributed by atoms with van der Waals surface area (Å²) < 4.78 is 30.2. The Bertz CT molecular complexity index is 1540. The van der Waals surface area contributed by atoms with Crippen molar-refractivity contribution in [3.05, 3.63) is 72.0 Å². The Morgan fingerprint density at radius 1 is 0.977 bits per heavy atom. The van der Waals surface area contributed by atoms with E-state index in [1.165, 1.54) is 35.2 Å². The van der Waals surface area contributed by atoms with Gasteiger partial charge in [-0.1, -0.05) is 6.92 Å². The van der Waals surface area contributed by atoms with Crippen molar-refractivity contribution in [2.45, 2.75) is 26.0 Å². The number of likely N-dealkylation sites (N-methyl/N-ethyl adjacent to an activating group) is 1. The van der Waals surface area contributed by atoms with Crippen molar-refractivity contribution in [3.63, 3.8) is 0 Å². The number of hydrogen-bond donors (Lipinski definition) is 4. The van der Waals surface area contributed by atoms with Crippen molar-refractivity contribution >= 4 is 35.0 Å². The van der Waals surface area contributed by atoms with Gasteiger partial charge in [-0.3, -0.25) is 4.79 Å². The summed E-state index contributed by atoms with van der Waals surface area (Å²) in [5, 5.41) is 18.1. The van der Waals surface area contributed by atoms with Gasteiger partial charge in [-0.2, -0.15) is 0 Å². The molecule has 0 fully saturated rings. The zero-order chi connectivity index (χ0) is 31.4. The number of rotatable bonds is 7. The first-order chi connectivity index (χ1) is 21.1. The Morgan fingerprint density at radius 3 is 2.32 bits per heavy atom. The molecule has 0 aliphatic carbocycles. The molecular weight excluding hydrogens is 573 g/mol. The van der Waals surface area contributed by atoms with Gasteiger partial charge in [-0.05, 0) is 61.5 Å². The second kappa shape index (κ2) is 13.1. The number of carbonyl (C=O) groups excluding carboxylic acids is 3. The summed E-state index contributed by atoms with van der Waals surface area (Å²) in [7, 11) is 1.61. The molecule has 0 aromatic heterocycles. The average Bonchev–Trinajstić information content (AvgIpc) is 3.48. The zero-order valence-electron chi connectivity index (χ0n) is 24.5. The number of aliphatic hydroxyl groups is 1. The molecule has 4 N–H and O–H groups in total. The zero-order valence-corrected chi connectivity index (χ0v) is 24.5.